The summed E-state index contributed by atoms with van der Waals surface area (Å²) in [4.78, 5) is 19.9. The van der Waals surface area contributed by atoms with Gasteiger partial charge in [0.15, 0.2) is 0 Å². The fraction of sp³-hybridized carbons (Fsp3) is 0.312. The molecule has 2 aromatic carbocycles. The van der Waals surface area contributed by atoms with Crippen molar-refractivity contribution in [2.75, 3.05) is 5.32 Å². The van der Waals surface area contributed by atoms with E-state index in [1.807, 2.05) is 18.3 Å². The molecule has 4 nitrogen and oxygen atoms in total. The van der Waals surface area contributed by atoms with E-state index < -0.39 is 0 Å². The van der Waals surface area contributed by atoms with Crippen molar-refractivity contribution in [2.45, 2.75) is 53.9 Å². The number of halogens is 2. The van der Waals surface area contributed by atoms with Gasteiger partial charge in [-0.25, -0.2) is 4.99 Å². The van der Waals surface area contributed by atoms with Crippen LogP contribution < -0.4 is 5.32 Å². The molecule has 1 aliphatic carbocycles. The summed E-state index contributed by atoms with van der Waals surface area (Å²) in [5, 5.41) is 4.49. The molecule has 7 heteroatoms. The molecule has 0 saturated heterocycles. The maximum Gasteiger partial charge on any atom is 0.259 e. The van der Waals surface area contributed by atoms with Crippen LogP contribution in [-0.4, -0.2) is 16.7 Å². The third kappa shape index (κ3) is 5.93. The largest absolute Gasteiger partial charge is 0.322 e. The number of hydrogen-bond acceptors (Lipinski definition) is 3. The lowest BCUT2D eigenvalue weighted by Crippen LogP contribution is -2.27. The second-order valence-electron chi connectivity index (χ2n) is 11.3. The van der Waals surface area contributed by atoms with Gasteiger partial charge >= 0.3 is 0 Å². The Hall–Kier alpha value is -2.67. The molecule has 2 aromatic heterocycles. The molecule has 0 radical (unpaired) electrons. The Bertz CT molecular complexity index is 1540. The first-order valence-corrected chi connectivity index (χ1v) is 15.2. The Morgan fingerprint density at radius 3 is 2.49 bits per heavy atom. The van der Waals surface area contributed by atoms with E-state index in [2.05, 4.69) is 90.8 Å². The minimum Gasteiger partial charge on any atom is -0.322 e. The number of hydrogen-bond donors (Lipinski definition) is 1. The molecule has 1 atom stereocenters. The van der Waals surface area contributed by atoms with Crippen molar-refractivity contribution in [2.24, 2.45) is 16.3 Å². The lowest BCUT2D eigenvalue weighted by Gasteiger charge is -2.33. The van der Waals surface area contributed by atoms with Crippen LogP contribution in [0.4, 0.5) is 10.7 Å². The molecule has 0 aliphatic heterocycles. The third-order valence-electron chi connectivity index (χ3n) is 7.68. The second-order valence-corrected chi connectivity index (χ2v) is 13.8. The Morgan fingerprint density at radius 2 is 1.82 bits per heavy atom. The Kier molecular flexibility index (Phi) is 7.91. The van der Waals surface area contributed by atoms with Gasteiger partial charge in [-0.1, -0.05) is 48.3 Å². The van der Waals surface area contributed by atoms with Crippen molar-refractivity contribution >= 4 is 61.7 Å². The molecule has 0 bridgehead atoms. The number of anilines is 1. The number of carbonyl (C=O) groups is 1. The van der Waals surface area contributed by atoms with Crippen molar-refractivity contribution in [3.63, 3.8) is 0 Å². The molecule has 1 amide bonds. The molecule has 0 fully saturated rings. The van der Waals surface area contributed by atoms with Crippen LogP contribution in [0.2, 0.25) is 5.02 Å². The number of aryl methyl sites for hydroxylation is 1. The number of aliphatic imine (C=N–C) groups is 1. The monoisotopic (exact) mass is 621 g/mol. The molecule has 202 valence electrons. The second kappa shape index (κ2) is 11.1. The summed E-state index contributed by atoms with van der Waals surface area (Å²) >= 11 is 11.2. The van der Waals surface area contributed by atoms with E-state index >= 15 is 0 Å². The standard InChI is InChI=1S/C32H33BrClN3OS/c1-19-16-21(20(2)37(19)26-13-7-23(33)8-14-26)18-35-31-29(30(38)36-25-11-9-24(34)10-12-25)27-15-6-22(32(3,4)5)17-28(27)39-31/h7-14,16,18,22H,6,15,17H2,1-5H3,(H,36,38)/t22-/m0/s1. The van der Waals surface area contributed by atoms with Gasteiger partial charge in [0.1, 0.15) is 5.00 Å². The molecule has 5 rings (SSSR count). The fourth-order valence-electron chi connectivity index (χ4n) is 5.40. The zero-order chi connectivity index (χ0) is 27.9. The zero-order valence-corrected chi connectivity index (χ0v) is 26.1. The quantitative estimate of drug-likeness (QED) is 0.221. The minimum absolute atomic E-state index is 0.114. The summed E-state index contributed by atoms with van der Waals surface area (Å²) < 4.78 is 3.28. The molecule has 4 aromatic rings. The van der Waals surface area contributed by atoms with Gasteiger partial charge in [-0.15, -0.1) is 11.3 Å². The smallest absolute Gasteiger partial charge is 0.259 e. The van der Waals surface area contributed by atoms with E-state index in [4.69, 9.17) is 16.6 Å². The molecular weight excluding hydrogens is 590 g/mol. The molecule has 1 aliphatic rings. The third-order valence-corrected chi connectivity index (χ3v) is 9.62. The van der Waals surface area contributed by atoms with E-state index in [1.165, 1.54) is 4.88 Å². The molecule has 0 unspecified atom stereocenters. The van der Waals surface area contributed by atoms with Gasteiger partial charge < -0.3 is 9.88 Å². The van der Waals surface area contributed by atoms with Crippen LogP contribution in [0.3, 0.4) is 0 Å². The highest BCUT2D eigenvalue weighted by Gasteiger charge is 2.33. The highest BCUT2D eigenvalue weighted by atomic mass is 79.9. The lowest BCUT2D eigenvalue weighted by molar-refractivity contribution is 0.102. The molecule has 2 heterocycles. The van der Waals surface area contributed by atoms with Gasteiger partial charge in [0.2, 0.25) is 0 Å². The summed E-state index contributed by atoms with van der Waals surface area (Å²) in [7, 11) is 0. The van der Waals surface area contributed by atoms with E-state index in [0.717, 1.165) is 62.6 Å². The maximum absolute atomic E-state index is 13.7. The van der Waals surface area contributed by atoms with Crippen LogP contribution in [0.25, 0.3) is 5.69 Å². The number of nitrogens with one attached hydrogen (secondary N) is 1. The van der Waals surface area contributed by atoms with E-state index in [-0.39, 0.29) is 11.3 Å². The number of benzene rings is 2. The summed E-state index contributed by atoms with van der Waals surface area (Å²) in [6, 6.07) is 17.7. The van der Waals surface area contributed by atoms with Crippen LogP contribution in [0, 0.1) is 25.2 Å². The Labute approximate surface area is 248 Å². The molecule has 0 saturated carbocycles. The molecular formula is C32H33BrClN3OS. The van der Waals surface area contributed by atoms with Crippen molar-refractivity contribution in [1.82, 2.24) is 4.57 Å². The van der Waals surface area contributed by atoms with Crippen molar-refractivity contribution in [1.29, 1.82) is 0 Å². The topological polar surface area (TPSA) is 46.4 Å². The van der Waals surface area contributed by atoms with Crippen LogP contribution >= 0.6 is 38.9 Å². The van der Waals surface area contributed by atoms with Crippen LogP contribution in [0.1, 0.15) is 64.9 Å². The lowest BCUT2D eigenvalue weighted by atomic mass is 9.72. The van der Waals surface area contributed by atoms with Gasteiger partial charge in [-0.2, -0.15) is 0 Å². The number of aromatic nitrogens is 1. The highest BCUT2D eigenvalue weighted by molar-refractivity contribution is 9.10. The number of nitrogens with zero attached hydrogens (tertiary/aromatic N) is 2. The van der Waals surface area contributed by atoms with Gasteiger partial charge in [0.05, 0.1) is 5.56 Å². The van der Waals surface area contributed by atoms with Crippen molar-refractivity contribution < 1.29 is 4.79 Å². The minimum atomic E-state index is -0.114. The SMILES string of the molecule is Cc1cc(C=Nc2sc3c(c2C(=O)Nc2ccc(Cl)cc2)CC[C@H](C(C)(C)C)C3)c(C)n1-c1ccc(Br)cc1. The maximum atomic E-state index is 13.7. The fourth-order valence-corrected chi connectivity index (χ4v) is 7.06. The van der Waals surface area contributed by atoms with E-state index in [9.17, 15) is 4.79 Å². The highest BCUT2D eigenvalue weighted by Crippen LogP contribution is 2.45. The Balaban J connectivity index is 1.51. The van der Waals surface area contributed by atoms with Gasteiger partial charge in [0.25, 0.3) is 5.91 Å². The van der Waals surface area contributed by atoms with E-state index in [1.54, 1.807) is 23.5 Å². The predicted octanol–water partition coefficient (Wildman–Crippen LogP) is 9.73. The first-order chi connectivity index (χ1) is 18.5. The normalized spacial score (nSPS) is 15.5. The Morgan fingerprint density at radius 1 is 1.13 bits per heavy atom. The van der Waals surface area contributed by atoms with Gasteiger partial charge in [-0.05, 0) is 105 Å². The molecule has 39 heavy (non-hydrogen) atoms. The summed E-state index contributed by atoms with van der Waals surface area (Å²) in [6.45, 7) is 11.1. The summed E-state index contributed by atoms with van der Waals surface area (Å²) in [5.41, 5.74) is 7.20. The number of rotatable bonds is 5. The summed E-state index contributed by atoms with van der Waals surface area (Å²) in [6.07, 6.45) is 4.87. The zero-order valence-electron chi connectivity index (χ0n) is 22.9. The average molecular weight is 623 g/mol. The average Bonchev–Trinajstić information content (AvgIpc) is 3.39. The molecule has 0 spiro atoms. The number of amides is 1. The van der Waals surface area contributed by atoms with Crippen LogP contribution in [0.15, 0.2) is 64.1 Å². The predicted molar refractivity (Wildman–Crippen MR) is 169 cm³/mol. The number of fused-ring (bicyclic) bond motifs is 1. The number of thiophene rings is 1. The van der Waals surface area contributed by atoms with Gasteiger partial charge in [0, 0.05) is 48.9 Å². The molecule has 1 N–H and O–H groups in total. The van der Waals surface area contributed by atoms with E-state index in [0.29, 0.717) is 16.5 Å². The van der Waals surface area contributed by atoms with Crippen molar-refractivity contribution in [3.05, 3.63) is 97.0 Å². The number of carbonyl (C=O) groups excluding carboxylic acids is 1. The van der Waals surface area contributed by atoms with Crippen LogP contribution in [0.5, 0.6) is 0 Å². The first-order valence-electron chi connectivity index (χ1n) is 13.2. The van der Waals surface area contributed by atoms with Gasteiger partial charge in [-0.3, -0.25) is 4.79 Å². The van der Waals surface area contributed by atoms with Crippen molar-refractivity contribution in [3.8, 4) is 5.69 Å². The van der Waals surface area contributed by atoms with Crippen LogP contribution in [-0.2, 0) is 12.8 Å². The first kappa shape index (κ1) is 27.9. The summed E-state index contributed by atoms with van der Waals surface area (Å²) in [5.74, 6) is 0.467.